The van der Waals surface area contributed by atoms with Crippen LogP contribution in [0.15, 0.2) is 47.3 Å². The van der Waals surface area contributed by atoms with Gasteiger partial charge in [0, 0.05) is 22.7 Å². The molecule has 1 aliphatic rings. The van der Waals surface area contributed by atoms with Gasteiger partial charge in [-0.2, -0.15) is 13.2 Å². The lowest BCUT2D eigenvalue weighted by molar-refractivity contribution is -0.272. The Bertz CT molecular complexity index is 1220. The summed E-state index contributed by atoms with van der Waals surface area (Å²) in [5.74, 6) is -0.653. The van der Waals surface area contributed by atoms with Gasteiger partial charge in [0.05, 0.1) is 11.6 Å². The minimum absolute atomic E-state index is 0.00451. The number of phenols is 1. The van der Waals surface area contributed by atoms with E-state index in [1.165, 1.54) is 12.1 Å². The van der Waals surface area contributed by atoms with Gasteiger partial charge >= 0.3 is 6.18 Å². The highest BCUT2D eigenvalue weighted by Gasteiger charge is 2.62. The van der Waals surface area contributed by atoms with E-state index in [0.29, 0.717) is 40.6 Å². The zero-order valence-electron chi connectivity index (χ0n) is 17.8. The molecule has 0 bridgehead atoms. The molecular formula is C24H25F3N2O3. The Morgan fingerprint density at radius 3 is 2.56 bits per heavy atom. The fraction of sp³-hybridized carbons (Fsp3) is 0.375. The third-order valence-corrected chi connectivity index (χ3v) is 6.52. The van der Waals surface area contributed by atoms with E-state index >= 15 is 0 Å². The molecule has 0 fully saturated rings. The summed E-state index contributed by atoms with van der Waals surface area (Å²) in [4.78, 5) is 14.3. The first kappa shape index (κ1) is 22.2. The number of halogens is 3. The lowest BCUT2D eigenvalue weighted by atomic mass is 9.68. The van der Waals surface area contributed by atoms with Crippen molar-refractivity contribution in [1.82, 2.24) is 4.98 Å². The van der Waals surface area contributed by atoms with Crippen LogP contribution in [0.2, 0.25) is 0 Å². The molecule has 4 rings (SSSR count). The number of alkyl halides is 3. The standard InChI is InChI=1S/C24H25F3N2O3/c1-3-13-8-9-16-20(21(13)31)14(4-2)12-23(32,24(25,26)27)22(16)29-18-7-5-6-17-15(18)10-11-19(30)28-17/h5-11,14,22,29,31-32H,3-4,12H2,1-2H3,(H,28,30)/t14-,22-,23-/m0/s1. The summed E-state index contributed by atoms with van der Waals surface area (Å²) in [5.41, 5.74) is -1.25. The molecule has 5 nitrogen and oxygen atoms in total. The number of aromatic nitrogens is 1. The molecule has 0 amide bonds. The van der Waals surface area contributed by atoms with Crippen molar-refractivity contribution in [3.8, 4) is 5.75 Å². The number of aromatic hydroxyl groups is 1. The number of anilines is 1. The molecule has 0 spiro atoms. The van der Waals surface area contributed by atoms with E-state index in [1.807, 2.05) is 6.92 Å². The van der Waals surface area contributed by atoms with Crippen LogP contribution in [0.5, 0.6) is 5.75 Å². The third-order valence-electron chi connectivity index (χ3n) is 6.52. The van der Waals surface area contributed by atoms with Crippen molar-refractivity contribution in [2.24, 2.45) is 0 Å². The number of fused-ring (bicyclic) bond motifs is 2. The van der Waals surface area contributed by atoms with Crippen molar-refractivity contribution < 1.29 is 23.4 Å². The molecule has 3 atom stereocenters. The molecule has 170 valence electrons. The van der Waals surface area contributed by atoms with Crippen molar-refractivity contribution in [3.63, 3.8) is 0 Å². The average Bonchev–Trinajstić information content (AvgIpc) is 2.74. The lowest BCUT2D eigenvalue weighted by Crippen LogP contribution is -2.55. The van der Waals surface area contributed by atoms with Crippen LogP contribution in [-0.4, -0.2) is 27.0 Å². The Morgan fingerprint density at radius 2 is 1.91 bits per heavy atom. The molecule has 0 saturated heterocycles. The highest BCUT2D eigenvalue weighted by atomic mass is 19.4. The SMILES string of the molecule is CCc1ccc2c(c1O)[C@@H](CC)C[C@@](O)(C(F)(F)F)[C@H]2Nc1cccc2[nH]c(=O)ccc12. The molecule has 0 aliphatic heterocycles. The van der Waals surface area contributed by atoms with Gasteiger partial charge in [-0.3, -0.25) is 4.79 Å². The lowest BCUT2D eigenvalue weighted by Gasteiger charge is -2.46. The minimum atomic E-state index is -4.91. The second-order valence-electron chi connectivity index (χ2n) is 8.33. The maximum Gasteiger partial charge on any atom is 0.419 e. The van der Waals surface area contributed by atoms with Crippen molar-refractivity contribution in [1.29, 1.82) is 0 Å². The number of aliphatic hydroxyl groups is 1. The largest absolute Gasteiger partial charge is 0.507 e. The summed E-state index contributed by atoms with van der Waals surface area (Å²) in [6, 6.07) is 9.32. The molecule has 3 aromatic rings. The Hall–Kier alpha value is -3.00. The summed E-state index contributed by atoms with van der Waals surface area (Å²) in [6.07, 6.45) is -4.60. The van der Waals surface area contributed by atoms with Crippen LogP contribution in [0.1, 0.15) is 55.3 Å². The summed E-state index contributed by atoms with van der Waals surface area (Å²) in [5, 5.41) is 25.4. The number of phenolic OH excluding ortho intramolecular Hbond substituents is 1. The summed E-state index contributed by atoms with van der Waals surface area (Å²) >= 11 is 0. The number of rotatable bonds is 4. The quantitative estimate of drug-likeness (QED) is 0.447. The van der Waals surface area contributed by atoms with Crippen LogP contribution in [0.3, 0.4) is 0 Å². The number of nitrogens with one attached hydrogen (secondary N) is 2. The van der Waals surface area contributed by atoms with Gasteiger partial charge < -0.3 is 20.5 Å². The second kappa shape index (κ2) is 7.85. The molecule has 1 heterocycles. The van der Waals surface area contributed by atoms with Gasteiger partial charge in [-0.25, -0.2) is 0 Å². The number of H-pyrrole nitrogens is 1. The monoisotopic (exact) mass is 446 g/mol. The maximum atomic E-state index is 14.3. The van der Waals surface area contributed by atoms with E-state index in [4.69, 9.17) is 0 Å². The minimum Gasteiger partial charge on any atom is -0.507 e. The molecule has 1 aliphatic carbocycles. The number of hydrogen-bond acceptors (Lipinski definition) is 4. The predicted octanol–water partition coefficient (Wildman–Crippen LogP) is 5.14. The van der Waals surface area contributed by atoms with Crippen LogP contribution < -0.4 is 10.9 Å². The Kier molecular flexibility index (Phi) is 5.45. The van der Waals surface area contributed by atoms with Crippen LogP contribution >= 0.6 is 0 Å². The van der Waals surface area contributed by atoms with Crippen LogP contribution in [0.25, 0.3) is 10.9 Å². The first-order valence-electron chi connectivity index (χ1n) is 10.6. The highest BCUT2D eigenvalue weighted by Crippen LogP contribution is 2.55. The Labute approximate surface area is 182 Å². The first-order valence-corrected chi connectivity index (χ1v) is 10.6. The smallest absolute Gasteiger partial charge is 0.419 e. The van der Waals surface area contributed by atoms with E-state index in [-0.39, 0.29) is 16.9 Å². The van der Waals surface area contributed by atoms with Crippen LogP contribution in [0.4, 0.5) is 18.9 Å². The predicted molar refractivity (Wildman–Crippen MR) is 117 cm³/mol. The Balaban J connectivity index is 1.94. The molecule has 4 N–H and O–H groups in total. The molecule has 1 aromatic heterocycles. The summed E-state index contributed by atoms with van der Waals surface area (Å²) in [6.45, 7) is 3.61. The van der Waals surface area contributed by atoms with Crippen molar-refractivity contribution in [3.05, 3.63) is 69.5 Å². The molecule has 2 aromatic carbocycles. The van der Waals surface area contributed by atoms with Crippen molar-refractivity contribution in [2.45, 2.75) is 56.8 Å². The van der Waals surface area contributed by atoms with E-state index in [1.54, 1.807) is 37.3 Å². The summed E-state index contributed by atoms with van der Waals surface area (Å²) < 4.78 is 42.9. The van der Waals surface area contributed by atoms with Gasteiger partial charge in [-0.05, 0) is 54.5 Å². The molecule has 8 heteroatoms. The molecule has 0 unspecified atom stereocenters. The summed E-state index contributed by atoms with van der Waals surface area (Å²) in [7, 11) is 0. The fourth-order valence-corrected chi connectivity index (χ4v) is 4.78. The van der Waals surface area contributed by atoms with Gasteiger partial charge in [0.1, 0.15) is 5.75 Å². The zero-order valence-corrected chi connectivity index (χ0v) is 17.8. The van der Waals surface area contributed by atoms with E-state index < -0.39 is 30.2 Å². The fourth-order valence-electron chi connectivity index (χ4n) is 4.78. The van der Waals surface area contributed by atoms with Crippen molar-refractivity contribution >= 4 is 16.6 Å². The van der Waals surface area contributed by atoms with Crippen molar-refractivity contribution in [2.75, 3.05) is 5.32 Å². The average molecular weight is 446 g/mol. The molecular weight excluding hydrogens is 421 g/mol. The third kappa shape index (κ3) is 3.43. The molecule has 32 heavy (non-hydrogen) atoms. The van der Waals surface area contributed by atoms with Gasteiger partial charge in [0.25, 0.3) is 0 Å². The van der Waals surface area contributed by atoms with E-state index in [0.717, 1.165) is 0 Å². The topological polar surface area (TPSA) is 85.3 Å². The zero-order chi connectivity index (χ0) is 23.3. The number of benzene rings is 2. The van der Waals surface area contributed by atoms with E-state index in [2.05, 4.69) is 10.3 Å². The number of aromatic amines is 1. The highest BCUT2D eigenvalue weighted by molar-refractivity contribution is 5.91. The van der Waals surface area contributed by atoms with Crippen LogP contribution in [-0.2, 0) is 6.42 Å². The Morgan fingerprint density at radius 1 is 1.16 bits per heavy atom. The number of hydrogen-bond donors (Lipinski definition) is 4. The van der Waals surface area contributed by atoms with Gasteiger partial charge in [0.2, 0.25) is 5.56 Å². The number of aryl methyl sites for hydroxylation is 1. The van der Waals surface area contributed by atoms with Gasteiger partial charge in [-0.1, -0.05) is 32.0 Å². The number of pyridine rings is 1. The molecule has 0 radical (unpaired) electrons. The van der Waals surface area contributed by atoms with E-state index in [9.17, 15) is 28.2 Å². The van der Waals surface area contributed by atoms with Crippen LogP contribution in [0, 0.1) is 0 Å². The van der Waals surface area contributed by atoms with Gasteiger partial charge in [0.15, 0.2) is 5.60 Å². The maximum absolute atomic E-state index is 14.3. The second-order valence-corrected chi connectivity index (χ2v) is 8.33. The first-order chi connectivity index (χ1) is 15.1. The normalized spacial score (nSPS) is 23.2. The molecule has 0 saturated carbocycles. The van der Waals surface area contributed by atoms with Gasteiger partial charge in [-0.15, -0.1) is 0 Å².